The summed E-state index contributed by atoms with van der Waals surface area (Å²) in [5, 5.41) is 0. The zero-order chi connectivity index (χ0) is 19.8. The predicted molar refractivity (Wildman–Crippen MR) is 106 cm³/mol. The maximum Gasteiger partial charge on any atom is 0.261 e. The molecule has 1 aromatic carbocycles. The lowest BCUT2D eigenvalue weighted by Gasteiger charge is -2.56. The van der Waals surface area contributed by atoms with E-state index < -0.39 is 0 Å². The molecule has 3 aliphatic heterocycles. The van der Waals surface area contributed by atoms with E-state index >= 15 is 0 Å². The number of piperazine rings is 1. The van der Waals surface area contributed by atoms with Crippen LogP contribution in [0.4, 0.5) is 5.82 Å². The highest BCUT2D eigenvalue weighted by Crippen LogP contribution is 2.35. The van der Waals surface area contributed by atoms with Crippen LogP contribution in [0.1, 0.15) is 23.5 Å². The fraction of sp³-hybridized carbons (Fsp3) is 0.476. The number of fused-ring (bicyclic) bond motifs is 2. The van der Waals surface area contributed by atoms with E-state index in [1.54, 1.807) is 7.11 Å². The number of nitrogens with zero attached hydrogens (tertiary/aromatic N) is 4. The van der Waals surface area contributed by atoms with Crippen molar-refractivity contribution in [2.45, 2.75) is 39.3 Å². The number of anilines is 1. The Hall–Kier alpha value is -2.83. The Morgan fingerprint density at radius 3 is 2.54 bits per heavy atom. The molecule has 0 N–H and O–H groups in total. The smallest absolute Gasteiger partial charge is 0.261 e. The molecule has 0 aliphatic carbocycles. The minimum absolute atomic E-state index is 0.0259. The van der Waals surface area contributed by atoms with Crippen LogP contribution in [0.25, 0.3) is 0 Å². The zero-order valence-electron chi connectivity index (χ0n) is 16.8. The molecule has 0 radical (unpaired) electrons. The van der Waals surface area contributed by atoms with Gasteiger partial charge < -0.3 is 19.3 Å². The molecule has 3 saturated heterocycles. The van der Waals surface area contributed by atoms with Gasteiger partial charge >= 0.3 is 0 Å². The van der Waals surface area contributed by atoms with Crippen molar-refractivity contribution in [2.75, 3.05) is 31.7 Å². The van der Waals surface area contributed by atoms with Crippen LogP contribution in [0.3, 0.4) is 0 Å². The third-order valence-corrected chi connectivity index (χ3v) is 5.43. The molecule has 2 atom stereocenters. The number of carbonyl (C=O) groups is 1. The lowest BCUT2D eigenvalue weighted by Crippen LogP contribution is -2.71. The van der Waals surface area contributed by atoms with Gasteiger partial charge in [-0.15, -0.1) is 0 Å². The molecule has 4 heterocycles. The van der Waals surface area contributed by atoms with Gasteiger partial charge in [0.25, 0.3) is 5.91 Å². The van der Waals surface area contributed by atoms with Crippen LogP contribution in [0.5, 0.6) is 11.5 Å². The number of carbonyl (C=O) groups excluding carboxylic acids is 1. The highest BCUT2D eigenvalue weighted by atomic mass is 16.5. The Morgan fingerprint density at radius 2 is 1.86 bits per heavy atom. The van der Waals surface area contributed by atoms with Crippen molar-refractivity contribution in [2.24, 2.45) is 0 Å². The number of hydrogen-bond acceptors (Lipinski definition) is 6. The number of methoxy groups -OCH3 is 1. The van der Waals surface area contributed by atoms with E-state index in [0.717, 1.165) is 42.4 Å². The normalized spacial score (nSPS) is 20.6. The summed E-state index contributed by atoms with van der Waals surface area (Å²) in [6, 6.07) is 8.14. The summed E-state index contributed by atoms with van der Waals surface area (Å²) in [6.45, 7) is 7.50. The first-order chi connectivity index (χ1) is 13.4. The third-order valence-electron chi connectivity index (χ3n) is 5.43. The minimum atomic E-state index is 0.0259. The SMILES string of the molecule is COc1cc(C)ccc1OCC(=O)N1C2CC1CN(c1cc(C)nc(C)n1)C2. The highest BCUT2D eigenvalue weighted by Gasteiger charge is 2.47. The predicted octanol–water partition coefficient (Wildman–Crippen LogP) is 2.28. The summed E-state index contributed by atoms with van der Waals surface area (Å²) in [7, 11) is 1.61. The van der Waals surface area contributed by atoms with Gasteiger partial charge in [-0.25, -0.2) is 9.97 Å². The van der Waals surface area contributed by atoms with Crippen LogP contribution in [-0.4, -0.2) is 59.7 Å². The van der Waals surface area contributed by atoms with Gasteiger partial charge in [-0.1, -0.05) is 6.07 Å². The molecule has 148 valence electrons. The Bertz CT molecular complexity index is 869. The summed E-state index contributed by atoms with van der Waals surface area (Å²) in [5.74, 6) is 3.01. The molecule has 7 heteroatoms. The number of piperidine rings is 1. The number of aromatic nitrogens is 2. The van der Waals surface area contributed by atoms with E-state index in [9.17, 15) is 4.79 Å². The maximum atomic E-state index is 12.7. The van der Waals surface area contributed by atoms with E-state index in [4.69, 9.17) is 9.47 Å². The number of hydrogen-bond donors (Lipinski definition) is 0. The van der Waals surface area contributed by atoms with Crippen molar-refractivity contribution in [1.82, 2.24) is 14.9 Å². The van der Waals surface area contributed by atoms with Gasteiger partial charge in [0.05, 0.1) is 19.2 Å². The molecule has 28 heavy (non-hydrogen) atoms. The van der Waals surface area contributed by atoms with E-state index in [2.05, 4.69) is 14.9 Å². The molecule has 2 unspecified atom stereocenters. The molecule has 1 amide bonds. The minimum Gasteiger partial charge on any atom is -0.493 e. The molecular formula is C21H26N4O3. The second-order valence-electron chi connectivity index (χ2n) is 7.61. The monoisotopic (exact) mass is 382 g/mol. The second-order valence-corrected chi connectivity index (χ2v) is 7.61. The number of aryl methyl sites for hydroxylation is 3. The summed E-state index contributed by atoms with van der Waals surface area (Å²) < 4.78 is 11.1. The molecule has 2 bridgehead atoms. The fourth-order valence-electron chi connectivity index (χ4n) is 4.17. The van der Waals surface area contributed by atoms with Gasteiger partial charge in [-0.3, -0.25) is 4.79 Å². The first kappa shape index (κ1) is 18.5. The molecule has 3 aliphatic rings. The summed E-state index contributed by atoms with van der Waals surface area (Å²) in [6.07, 6.45) is 1.04. The molecule has 1 aromatic heterocycles. The summed E-state index contributed by atoms with van der Waals surface area (Å²) in [5.41, 5.74) is 2.05. The third kappa shape index (κ3) is 3.48. The van der Waals surface area contributed by atoms with Crippen LogP contribution in [0.2, 0.25) is 0 Å². The quantitative estimate of drug-likeness (QED) is 0.790. The van der Waals surface area contributed by atoms with Gasteiger partial charge in [0.2, 0.25) is 0 Å². The van der Waals surface area contributed by atoms with Crippen molar-refractivity contribution >= 4 is 11.7 Å². The van der Waals surface area contributed by atoms with Crippen LogP contribution < -0.4 is 14.4 Å². The number of ether oxygens (including phenoxy) is 2. The van der Waals surface area contributed by atoms with E-state index in [1.807, 2.05) is 49.9 Å². The molecule has 3 fully saturated rings. The van der Waals surface area contributed by atoms with E-state index in [1.165, 1.54) is 0 Å². The number of amides is 1. The molecular weight excluding hydrogens is 356 g/mol. The standard InChI is InChI=1S/C21H26N4O3/c1-13-5-6-18(19(7-13)27-4)28-12-21(26)25-16-9-17(25)11-24(10-16)20-8-14(2)22-15(3)23-20/h5-8,16-17H,9-12H2,1-4H3. The van der Waals surface area contributed by atoms with Crippen molar-refractivity contribution in [3.63, 3.8) is 0 Å². The van der Waals surface area contributed by atoms with Crippen LogP contribution in [-0.2, 0) is 4.79 Å². The Morgan fingerprint density at radius 1 is 1.11 bits per heavy atom. The number of rotatable bonds is 5. The van der Waals surface area contributed by atoms with Gasteiger partial charge in [-0.2, -0.15) is 0 Å². The van der Waals surface area contributed by atoms with Gasteiger partial charge in [0.15, 0.2) is 18.1 Å². The second kappa shape index (κ2) is 7.30. The number of benzene rings is 1. The fourth-order valence-corrected chi connectivity index (χ4v) is 4.17. The van der Waals surface area contributed by atoms with Crippen LogP contribution >= 0.6 is 0 Å². The average molecular weight is 382 g/mol. The first-order valence-corrected chi connectivity index (χ1v) is 9.60. The lowest BCUT2D eigenvalue weighted by molar-refractivity contribution is -0.148. The Labute approximate surface area is 165 Å². The van der Waals surface area contributed by atoms with Gasteiger partial charge in [-0.05, 0) is 44.9 Å². The van der Waals surface area contributed by atoms with Crippen molar-refractivity contribution in [3.05, 3.63) is 41.3 Å². The van der Waals surface area contributed by atoms with Gasteiger partial charge in [0.1, 0.15) is 11.6 Å². The highest BCUT2D eigenvalue weighted by molar-refractivity contribution is 5.80. The first-order valence-electron chi connectivity index (χ1n) is 9.60. The zero-order valence-corrected chi connectivity index (χ0v) is 16.8. The topological polar surface area (TPSA) is 67.8 Å². The molecule has 7 nitrogen and oxygen atoms in total. The Balaban J connectivity index is 1.38. The van der Waals surface area contributed by atoms with Crippen LogP contribution in [0.15, 0.2) is 24.3 Å². The maximum absolute atomic E-state index is 12.7. The summed E-state index contributed by atoms with van der Waals surface area (Å²) in [4.78, 5) is 25.9. The van der Waals surface area contributed by atoms with Gasteiger partial charge in [0, 0.05) is 24.8 Å². The molecule has 0 saturated carbocycles. The van der Waals surface area contributed by atoms with Crippen LogP contribution in [0, 0.1) is 20.8 Å². The lowest BCUT2D eigenvalue weighted by atomic mass is 9.87. The summed E-state index contributed by atoms with van der Waals surface area (Å²) >= 11 is 0. The van der Waals surface area contributed by atoms with E-state index in [-0.39, 0.29) is 24.6 Å². The average Bonchev–Trinajstić information content (AvgIpc) is 2.66. The van der Waals surface area contributed by atoms with Crippen molar-refractivity contribution < 1.29 is 14.3 Å². The van der Waals surface area contributed by atoms with E-state index in [0.29, 0.717) is 11.5 Å². The van der Waals surface area contributed by atoms with Crippen molar-refractivity contribution in [3.8, 4) is 11.5 Å². The molecule has 5 rings (SSSR count). The largest absolute Gasteiger partial charge is 0.493 e. The molecule has 2 aromatic rings. The Kier molecular flexibility index (Phi) is 4.83. The molecule has 0 spiro atoms. The van der Waals surface area contributed by atoms with Crippen molar-refractivity contribution in [1.29, 1.82) is 0 Å².